The zero-order valence-corrected chi connectivity index (χ0v) is 17.5. The molecule has 2 aromatic rings. The molecule has 0 unspecified atom stereocenters. The van der Waals surface area contributed by atoms with Crippen LogP contribution in [0.25, 0.3) is 0 Å². The number of carbonyl (C=O) groups excluding carboxylic acids is 1. The van der Waals surface area contributed by atoms with Gasteiger partial charge >= 0.3 is 0 Å². The monoisotopic (exact) mass is 404 g/mol. The smallest absolute Gasteiger partial charge is 0.232 e. The summed E-state index contributed by atoms with van der Waals surface area (Å²) in [4.78, 5) is 12.0. The first-order valence-electron chi connectivity index (χ1n) is 9.27. The van der Waals surface area contributed by atoms with Crippen molar-refractivity contribution in [2.75, 3.05) is 30.3 Å². The lowest BCUT2D eigenvalue weighted by Crippen LogP contribution is -2.33. The number of carbonyl (C=O) groups is 1. The number of ether oxygens (including phenoxy) is 1. The van der Waals surface area contributed by atoms with Gasteiger partial charge in [-0.25, -0.2) is 8.42 Å². The average molecular weight is 405 g/mol. The van der Waals surface area contributed by atoms with Crippen LogP contribution in [0, 0.1) is 13.8 Å². The van der Waals surface area contributed by atoms with Gasteiger partial charge in [-0.1, -0.05) is 30.3 Å². The normalized spacial score (nSPS) is 11.1. The zero-order chi connectivity index (χ0) is 20.6. The highest BCUT2D eigenvalue weighted by Gasteiger charge is 2.19. The van der Waals surface area contributed by atoms with Gasteiger partial charge in [-0.05, 0) is 49.6 Å². The van der Waals surface area contributed by atoms with Crippen molar-refractivity contribution in [2.45, 2.75) is 26.7 Å². The summed E-state index contributed by atoms with van der Waals surface area (Å²) in [5, 5.41) is 2.79. The van der Waals surface area contributed by atoms with Crippen molar-refractivity contribution in [3.8, 4) is 5.75 Å². The molecule has 28 heavy (non-hydrogen) atoms. The highest BCUT2D eigenvalue weighted by atomic mass is 32.2. The summed E-state index contributed by atoms with van der Waals surface area (Å²) in [6.45, 7) is 4.85. The maximum absolute atomic E-state index is 12.2. The van der Waals surface area contributed by atoms with E-state index in [-0.39, 0.29) is 18.9 Å². The predicted molar refractivity (Wildman–Crippen MR) is 112 cm³/mol. The van der Waals surface area contributed by atoms with Gasteiger partial charge in [0.25, 0.3) is 0 Å². The number of nitrogens with one attached hydrogen (secondary N) is 1. The second kappa shape index (κ2) is 10.1. The van der Waals surface area contributed by atoms with Crippen molar-refractivity contribution in [3.05, 3.63) is 59.7 Å². The lowest BCUT2D eigenvalue weighted by molar-refractivity contribution is -0.121. The Bertz CT molecular complexity index is 883. The quantitative estimate of drug-likeness (QED) is 0.618. The lowest BCUT2D eigenvalue weighted by Gasteiger charge is -2.24. The highest BCUT2D eigenvalue weighted by molar-refractivity contribution is 7.92. The van der Waals surface area contributed by atoms with Gasteiger partial charge in [0, 0.05) is 13.0 Å². The van der Waals surface area contributed by atoms with Crippen molar-refractivity contribution in [1.29, 1.82) is 0 Å². The number of hydrogen-bond donors (Lipinski definition) is 1. The van der Waals surface area contributed by atoms with Crippen LogP contribution in [0.15, 0.2) is 48.5 Å². The van der Waals surface area contributed by atoms with Gasteiger partial charge in [-0.2, -0.15) is 0 Å². The van der Waals surface area contributed by atoms with E-state index < -0.39 is 10.0 Å². The summed E-state index contributed by atoms with van der Waals surface area (Å²) >= 11 is 0. The van der Waals surface area contributed by atoms with E-state index in [1.165, 1.54) is 10.6 Å². The van der Waals surface area contributed by atoms with Gasteiger partial charge in [-0.15, -0.1) is 0 Å². The molecule has 0 aromatic heterocycles. The van der Waals surface area contributed by atoms with E-state index in [0.29, 0.717) is 25.3 Å². The first-order valence-corrected chi connectivity index (χ1v) is 11.1. The number of anilines is 1. The number of rotatable bonds is 10. The van der Waals surface area contributed by atoms with Crippen molar-refractivity contribution in [3.63, 3.8) is 0 Å². The van der Waals surface area contributed by atoms with Crippen LogP contribution in [0.3, 0.4) is 0 Å². The van der Waals surface area contributed by atoms with Gasteiger partial charge in [0.1, 0.15) is 12.4 Å². The van der Waals surface area contributed by atoms with E-state index >= 15 is 0 Å². The third kappa shape index (κ3) is 6.88. The van der Waals surface area contributed by atoms with E-state index in [2.05, 4.69) is 5.32 Å². The third-order valence-electron chi connectivity index (χ3n) is 4.23. The maximum atomic E-state index is 12.2. The molecule has 7 heteroatoms. The van der Waals surface area contributed by atoms with Crippen LogP contribution < -0.4 is 14.4 Å². The topological polar surface area (TPSA) is 75.7 Å². The summed E-state index contributed by atoms with van der Waals surface area (Å²) in [5.74, 6) is 0.639. The Balaban J connectivity index is 1.80. The fourth-order valence-electron chi connectivity index (χ4n) is 2.80. The van der Waals surface area contributed by atoms with Crippen molar-refractivity contribution in [2.24, 2.45) is 0 Å². The fourth-order valence-corrected chi connectivity index (χ4v) is 3.82. The van der Waals surface area contributed by atoms with Crippen molar-refractivity contribution >= 4 is 21.6 Å². The first-order chi connectivity index (χ1) is 13.3. The molecule has 6 nitrogen and oxygen atoms in total. The van der Waals surface area contributed by atoms with E-state index in [0.717, 1.165) is 16.9 Å². The number of amides is 1. The fraction of sp³-hybridized carbons (Fsp3) is 0.381. The molecule has 0 aliphatic rings. The Morgan fingerprint density at radius 1 is 1.11 bits per heavy atom. The van der Waals surface area contributed by atoms with Crippen LogP contribution in [0.5, 0.6) is 5.75 Å². The SMILES string of the molecule is Cc1ccc(C)c(N(CCCC(=O)NCCOc2ccccc2)S(C)(=O)=O)c1. The largest absolute Gasteiger partial charge is 0.492 e. The molecule has 152 valence electrons. The van der Waals surface area contributed by atoms with Crippen molar-refractivity contribution in [1.82, 2.24) is 5.32 Å². The lowest BCUT2D eigenvalue weighted by atomic mass is 10.1. The highest BCUT2D eigenvalue weighted by Crippen LogP contribution is 2.24. The minimum Gasteiger partial charge on any atom is -0.492 e. The molecule has 0 bridgehead atoms. The molecule has 2 rings (SSSR count). The summed E-state index contributed by atoms with van der Waals surface area (Å²) in [6, 6.07) is 15.1. The number of hydrogen-bond acceptors (Lipinski definition) is 4. The summed E-state index contributed by atoms with van der Waals surface area (Å²) in [6.07, 6.45) is 1.88. The molecule has 0 spiro atoms. The van der Waals surface area contributed by atoms with Crippen LogP contribution in [0.4, 0.5) is 5.69 Å². The Labute approximate surface area is 167 Å². The zero-order valence-electron chi connectivity index (χ0n) is 16.6. The molecule has 2 aromatic carbocycles. The summed E-state index contributed by atoms with van der Waals surface area (Å²) in [7, 11) is -3.43. The molecular formula is C21H28N2O4S. The van der Waals surface area contributed by atoms with Gasteiger partial charge < -0.3 is 10.1 Å². The number of nitrogens with zero attached hydrogens (tertiary/aromatic N) is 1. The van der Waals surface area contributed by atoms with E-state index in [1.54, 1.807) is 0 Å². The van der Waals surface area contributed by atoms with Gasteiger partial charge in [0.05, 0.1) is 18.5 Å². The van der Waals surface area contributed by atoms with E-state index in [9.17, 15) is 13.2 Å². The molecule has 0 atom stereocenters. The molecule has 0 saturated heterocycles. The summed E-state index contributed by atoms with van der Waals surface area (Å²) < 4.78 is 31.4. The molecule has 1 amide bonds. The molecular weight excluding hydrogens is 376 g/mol. The number of benzene rings is 2. The maximum Gasteiger partial charge on any atom is 0.232 e. The second-order valence-corrected chi connectivity index (χ2v) is 8.65. The molecule has 0 saturated carbocycles. The van der Waals surface area contributed by atoms with Gasteiger partial charge in [0.15, 0.2) is 0 Å². The van der Waals surface area contributed by atoms with Crippen LogP contribution in [0.2, 0.25) is 0 Å². The van der Waals surface area contributed by atoms with Crippen LogP contribution in [-0.4, -0.2) is 40.3 Å². The van der Waals surface area contributed by atoms with Crippen LogP contribution in [0.1, 0.15) is 24.0 Å². The third-order valence-corrected chi connectivity index (χ3v) is 5.41. The van der Waals surface area contributed by atoms with E-state index in [4.69, 9.17) is 4.74 Å². The number of aryl methyl sites for hydroxylation is 2. The summed E-state index contributed by atoms with van der Waals surface area (Å²) in [5.41, 5.74) is 2.54. The van der Waals surface area contributed by atoms with Crippen LogP contribution in [-0.2, 0) is 14.8 Å². The van der Waals surface area contributed by atoms with E-state index in [1.807, 2.05) is 62.4 Å². The molecule has 0 fully saturated rings. The second-order valence-electron chi connectivity index (χ2n) is 6.74. The number of para-hydroxylation sites is 1. The van der Waals surface area contributed by atoms with Gasteiger partial charge in [-0.3, -0.25) is 9.10 Å². The standard InChI is InChI=1S/C21H28N2O4S/c1-17-11-12-18(2)20(16-17)23(28(3,25)26)14-7-10-21(24)22-13-15-27-19-8-5-4-6-9-19/h4-6,8-9,11-12,16H,7,10,13-15H2,1-3H3,(H,22,24). The Morgan fingerprint density at radius 2 is 1.82 bits per heavy atom. The number of sulfonamides is 1. The first kappa shape index (κ1) is 21.8. The minimum atomic E-state index is -3.43. The average Bonchev–Trinajstić information content (AvgIpc) is 2.64. The van der Waals surface area contributed by atoms with Gasteiger partial charge in [0.2, 0.25) is 15.9 Å². The minimum absolute atomic E-state index is 0.119. The Hall–Kier alpha value is -2.54. The van der Waals surface area contributed by atoms with Crippen molar-refractivity contribution < 1.29 is 17.9 Å². The Morgan fingerprint density at radius 3 is 2.50 bits per heavy atom. The van der Waals surface area contributed by atoms with Crippen LogP contribution >= 0.6 is 0 Å². The molecule has 0 radical (unpaired) electrons. The molecule has 0 aliphatic carbocycles. The predicted octanol–water partition coefficient (Wildman–Crippen LogP) is 3.04. The Kier molecular flexibility index (Phi) is 7.87. The molecule has 0 aliphatic heterocycles. The molecule has 1 N–H and O–H groups in total. The molecule has 0 heterocycles.